The Hall–Kier alpha value is -1.20. The fourth-order valence-corrected chi connectivity index (χ4v) is 10.5. The van der Waals surface area contributed by atoms with Gasteiger partial charge in [-0.25, -0.2) is 0 Å². The molecule has 0 aromatic carbocycles. The second-order valence-electron chi connectivity index (χ2n) is 8.66. The van der Waals surface area contributed by atoms with Crippen molar-refractivity contribution in [3.8, 4) is 0 Å². The number of rotatable bonds is 0. The van der Waals surface area contributed by atoms with Gasteiger partial charge in [0.15, 0.2) is 0 Å². The van der Waals surface area contributed by atoms with Gasteiger partial charge in [0.1, 0.15) is 0 Å². The molecule has 0 aliphatic heterocycles. The van der Waals surface area contributed by atoms with Gasteiger partial charge in [0, 0.05) is 31.7 Å². The first-order valence-electron chi connectivity index (χ1n) is 8.91. The lowest BCUT2D eigenvalue weighted by Crippen LogP contribution is -2.14. The molecule has 4 heterocycles. The Balaban J connectivity index is 2.08. The molecule has 0 atom stereocenters. The highest BCUT2D eigenvalue weighted by atomic mass is 32.1. The largest absolute Gasteiger partial charge is 0.142 e. The van der Waals surface area contributed by atoms with Crippen LogP contribution in [0.1, 0.15) is 49.9 Å². The van der Waals surface area contributed by atoms with E-state index in [9.17, 15) is 0 Å². The lowest BCUT2D eigenvalue weighted by molar-refractivity contribution is 0.655. The molecule has 7 rings (SSSR count). The van der Waals surface area contributed by atoms with Crippen LogP contribution in [-0.2, 0) is 10.8 Å². The molecule has 0 spiro atoms. The SMILES string of the molecule is CC1(C)c2cs/c3c2=c2c1cs/c2=c1\scc2c1=c1c(cs/c1=3)C2(C)C. The molecule has 4 heteroatoms. The van der Waals surface area contributed by atoms with Crippen LogP contribution in [0.5, 0.6) is 0 Å². The van der Waals surface area contributed by atoms with Gasteiger partial charge in [-0.2, -0.15) is 0 Å². The van der Waals surface area contributed by atoms with Gasteiger partial charge in [0.25, 0.3) is 0 Å². The van der Waals surface area contributed by atoms with Crippen molar-refractivity contribution in [3.63, 3.8) is 0 Å². The Morgan fingerprint density at radius 2 is 0.692 bits per heavy atom. The van der Waals surface area contributed by atoms with Gasteiger partial charge in [-0.05, 0) is 43.8 Å². The van der Waals surface area contributed by atoms with Crippen molar-refractivity contribution in [2.24, 2.45) is 0 Å². The first-order chi connectivity index (χ1) is 12.4. The van der Waals surface area contributed by atoms with Crippen LogP contribution >= 0.6 is 45.3 Å². The summed E-state index contributed by atoms with van der Waals surface area (Å²) >= 11 is 7.85. The molecule has 0 nitrogen and oxygen atoms in total. The summed E-state index contributed by atoms with van der Waals surface area (Å²) in [5.74, 6) is 0. The Morgan fingerprint density at radius 1 is 0.462 bits per heavy atom. The lowest BCUT2D eigenvalue weighted by Gasteiger charge is -2.19. The molecule has 26 heavy (non-hydrogen) atoms. The minimum Gasteiger partial charge on any atom is -0.142 e. The van der Waals surface area contributed by atoms with Crippen LogP contribution in [0.4, 0.5) is 0 Å². The van der Waals surface area contributed by atoms with Crippen LogP contribution < -0.4 is 0 Å². The van der Waals surface area contributed by atoms with Crippen LogP contribution in [0.2, 0.25) is 0 Å². The molecule has 4 aromatic heterocycles. The monoisotopic (exact) mass is 408 g/mol. The van der Waals surface area contributed by atoms with E-state index in [4.69, 9.17) is 0 Å². The summed E-state index contributed by atoms with van der Waals surface area (Å²) in [6.07, 6.45) is 0. The van der Waals surface area contributed by atoms with Crippen LogP contribution in [0.3, 0.4) is 0 Å². The van der Waals surface area contributed by atoms with E-state index in [1.807, 2.05) is 45.3 Å². The Kier molecular flexibility index (Phi) is 2.35. The average molecular weight is 409 g/mol. The molecule has 0 radical (unpaired) electrons. The Labute approximate surface area is 166 Å². The van der Waals surface area contributed by atoms with Crippen LogP contribution in [0, 0.1) is 39.0 Å². The molecule has 3 aliphatic carbocycles. The van der Waals surface area contributed by atoms with E-state index in [-0.39, 0.29) is 10.8 Å². The molecule has 0 unspecified atom stereocenters. The van der Waals surface area contributed by atoms with Gasteiger partial charge in [-0.1, -0.05) is 27.7 Å². The Bertz CT molecular complexity index is 1430. The van der Waals surface area contributed by atoms with E-state index in [0.717, 1.165) is 0 Å². The summed E-state index contributed by atoms with van der Waals surface area (Å²) in [5.41, 5.74) is 6.41. The quantitative estimate of drug-likeness (QED) is 0.268. The molecule has 0 saturated heterocycles. The molecular formula is C22H16S4. The number of hydrogen-bond acceptors (Lipinski definition) is 4. The van der Waals surface area contributed by atoms with Crippen LogP contribution in [0.15, 0.2) is 21.5 Å². The van der Waals surface area contributed by atoms with Gasteiger partial charge in [-0.3, -0.25) is 0 Å². The molecule has 0 N–H and O–H groups in total. The smallest absolute Gasteiger partial charge is 0.0531 e. The third-order valence-corrected chi connectivity index (χ3v) is 11.0. The van der Waals surface area contributed by atoms with Crippen molar-refractivity contribution >= 4 is 45.3 Å². The van der Waals surface area contributed by atoms with E-state index in [0.29, 0.717) is 0 Å². The van der Waals surface area contributed by atoms with Crippen molar-refractivity contribution in [1.82, 2.24) is 0 Å². The van der Waals surface area contributed by atoms with Gasteiger partial charge in [0.2, 0.25) is 0 Å². The van der Waals surface area contributed by atoms with E-state index >= 15 is 0 Å². The van der Waals surface area contributed by atoms with E-state index in [2.05, 4.69) is 49.2 Å². The molecular weight excluding hydrogens is 393 g/mol. The zero-order valence-electron chi connectivity index (χ0n) is 14.9. The summed E-state index contributed by atoms with van der Waals surface area (Å²) in [6.45, 7) is 9.61. The van der Waals surface area contributed by atoms with E-state index < -0.39 is 0 Å². The van der Waals surface area contributed by atoms with Gasteiger partial charge < -0.3 is 0 Å². The molecule has 0 amide bonds. The first-order valence-corrected chi connectivity index (χ1v) is 12.4. The molecule has 4 aromatic rings. The second-order valence-corrected chi connectivity index (χ2v) is 12.2. The molecule has 128 valence electrons. The molecule has 0 bridgehead atoms. The number of hydrogen-bond donors (Lipinski definition) is 0. The van der Waals surface area contributed by atoms with Gasteiger partial charge in [-0.15, -0.1) is 45.3 Å². The van der Waals surface area contributed by atoms with Crippen molar-refractivity contribution in [1.29, 1.82) is 0 Å². The molecule has 0 fully saturated rings. The summed E-state index contributed by atoms with van der Waals surface area (Å²) in [5, 5.41) is 15.9. The van der Waals surface area contributed by atoms with Gasteiger partial charge in [0.05, 0.1) is 18.1 Å². The van der Waals surface area contributed by atoms with Crippen LogP contribution in [-0.4, -0.2) is 0 Å². The summed E-state index contributed by atoms with van der Waals surface area (Å²) in [7, 11) is 0. The van der Waals surface area contributed by atoms with Gasteiger partial charge >= 0.3 is 0 Å². The lowest BCUT2D eigenvalue weighted by atomic mass is 9.84. The van der Waals surface area contributed by atoms with E-state index in [1.165, 1.54) is 40.4 Å². The predicted molar refractivity (Wildman–Crippen MR) is 112 cm³/mol. The van der Waals surface area contributed by atoms with Crippen molar-refractivity contribution in [2.45, 2.75) is 38.5 Å². The summed E-state index contributed by atoms with van der Waals surface area (Å²) < 4.78 is 6.05. The summed E-state index contributed by atoms with van der Waals surface area (Å²) in [4.78, 5) is 0. The van der Waals surface area contributed by atoms with Crippen molar-refractivity contribution < 1.29 is 0 Å². The highest BCUT2D eigenvalue weighted by Crippen LogP contribution is 2.47. The highest BCUT2D eigenvalue weighted by molar-refractivity contribution is 7.12. The zero-order valence-corrected chi connectivity index (χ0v) is 18.2. The third-order valence-electron chi connectivity index (χ3n) is 6.77. The topological polar surface area (TPSA) is 0 Å². The fourth-order valence-electron chi connectivity index (χ4n) is 5.22. The van der Waals surface area contributed by atoms with Crippen molar-refractivity contribution in [3.05, 3.63) is 82.8 Å². The zero-order chi connectivity index (χ0) is 17.6. The maximum atomic E-state index is 2.44. The minimum atomic E-state index is 0.127. The van der Waals surface area contributed by atoms with Crippen LogP contribution in [0.25, 0.3) is 0 Å². The summed E-state index contributed by atoms with van der Waals surface area (Å²) in [6, 6.07) is 0. The van der Waals surface area contributed by atoms with Crippen molar-refractivity contribution in [2.75, 3.05) is 0 Å². The molecule has 3 aliphatic rings. The fraction of sp³-hybridized carbons (Fsp3) is 0.273. The second kappa shape index (κ2) is 4.12. The maximum Gasteiger partial charge on any atom is 0.0531 e. The van der Waals surface area contributed by atoms with E-state index in [1.54, 1.807) is 20.9 Å². The Morgan fingerprint density at radius 3 is 0.923 bits per heavy atom. The number of thiophene rings is 4. The maximum absolute atomic E-state index is 2.44. The first kappa shape index (κ1) is 14.8. The highest BCUT2D eigenvalue weighted by Gasteiger charge is 2.37. The predicted octanol–water partition coefficient (Wildman–Crippen LogP) is 6.67. The average Bonchev–Trinajstić information content (AvgIpc) is 3.33. The normalized spacial score (nSPS) is 21.4. The minimum absolute atomic E-state index is 0.127. The standard InChI is InChI=1S/C22H16S4/c1-21(2)9-5-23-17-13(9)14-10(21)6-24-18(14)20-16-12(8-26-20)22(3,4)11-7-25-19(17)15(11)16/h5-8H,1-4H3/b19-17-,20-18-. The molecule has 0 saturated carbocycles. The third kappa shape index (κ3) is 1.31.